The van der Waals surface area contributed by atoms with Gasteiger partial charge in [-0.05, 0) is 11.5 Å². The van der Waals surface area contributed by atoms with E-state index in [0.717, 1.165) is 12.0 Å². The summed E-state index contributed by atoms with van der Waals surface area (Å²) in [4.78, 5) is 35.5. The average molecular weight is 408 g/mol. The van der Waals surface area contributed by atoms with E-state index in [-0.39, 0.29) is 36.9 Å². The van der Waals surface area contributed by atoms with E-state index < -0.39 is 0 Å². The van der Waals surface area contributed by atoms with Crippen molar-refractivity contribution in [3.8, 4) is 0 Å². The number of carbonyl (C=O) groups excluding carboxylic acids is 2. The number of ether oxygens (including phenoxy) is 1. The third kappa shape index (κ3) is 4.40. The minimum Gasteiger partial charge on any atom is -0.445 e. The molecular formula is C21H24N6O3. The monoisotopic (exact) mass is 408 g/mol. The van der Waals surface area contributed by atoms with Crippen LogP contribution in [0.2, 0.25) is 0 Å². The highest BCUT2D eigenvalue weighted by molar-refractivity contribution is 5.86. The third-order valence-electron chi connectivity index (χ3n) is 5.44. The van der Waals surface area contributed by atoms with Crippen LogP contribution in [0.1, 0.15) is 18.9 Å². The van der Waals surface area contributed by atoms with Gasteiger partial charge >= 0.3 is 6.09 Å². The summed E-state index contributed by atoms with van der Waals surface area (Å²) in [5.41, 5.74) is 2.16. The van der Waals surface area contributed by atoms with Crippen LogP contribution in [0.4, 0.5) is 10.6 Å². The van der Waals surface area contributed by atoms with Gasteiger partial charge in [-0.1, -0.05) is 43.7 Å². The molecule has 0 spiro atoms. The molecule has 0 radical (unpaired) electrons. The zero-order valence-electron chi connectivity index (χ0n) is 16.7. The number of carbonyl (C=O) groups is 2. The fourth-order valence-corrected chi connectivity index (χ4v) is 3.74. The second-order valence-electron chi connectivity index (χ2n) is 7.40. The van der Waals surface area contributed by atoms with E-state index in [9.17, 15) is 9.59 Å². The van der Waals surface area contributed by atoms with Gasteiger partial charge in [-0.2, -0.15) is 5.10 Å². The fourth-order valence-electron chi connectivity index (χ4n) is 3.74. The highest BCUT2D eigenvalue weighted by atomic mass is 16.6. The molecule has 156 valence electrons. The lowest BCUT2D eigenvalue weighted by atomic mass is 9.90. The molecule has 3 heterocycles. The maximum absolute atomic E-state index is 12.8. The largest absolute Gasteiger partial charge is 0.445 e. The van der Waals surface area contributed by atoms with E-state index in [1.54, 1.807) is 17.3 Å². The van der Waals surface area contributed by atoms with Gasteiger partial charge in [0.25, 0.3) is 0 Å². The van der Waals surface area contributed by atoms with Gasteiger partial charge in [0.15, 0.2) is 11.4 Å². The summed E-state index contributed by atoms with van der Waals surface area (Å²) in [6.07, 6.45) is 3.59. The number of Topliss-reactive ketones (excluding diaryl/α,β-unsaturated/α-hetero) is 1. The summed E-state index contributed by atoms with van der Waals surface area (Å²) < 4.78 is 5.43. The van der Waals surface area contributed by atoms with Crippen LogP contribution >= 0.6 is 0 Å². The van der Waals surface area contributed by atoms with Crippen molar-refractivity contribution in [2.75, 3.05) is 25.0 Å². The molecule has 0 bridgehead atoms. The SMILES string of the molecule is CC[C@H]1CN(C(=O)OCc2ccccc2)C[C@H]1C(=O)CNc1cnc2[nH]ncc2n1. The minimum atomic E-state index is -0.378. The van der Waals surface area contributed by atoms with E-state index in [4.69, 9.17) is 4.74 Å². The first-order chi connectivity index (χ1) is 14.6. The second-order valence-corrected chi connectivity index (χ2v) is 7.40. The number of anilines is 1. The van der Waals surface area contributed by atoms with Crippen molar-refractivity contribution in [3.63, 3.8) is 0 Å². The number of H-pyrrole nitrogens is 1. The van der Waals surface area contributed by atoms with Crippen molar-refractivity contribution >= 4 is 28.9 Å². The first-order valence-corrected chi connectivity index (χ1v) is 10.0. The van der Waals surface area contributed by atoms with Gasteiger partial charge in [-0.3, -0.25) is 9.89 Å². The van der Waals surface area contributed by atoms with Gasteiger partial charge in [-0.25, -0.2) is 14.8 Å². The number of likely N-dealkylation sites (tertiary alicyclic amines) is 1. The molecule has 9 heteroatoms. The van der Waals surface area contributed by atoms with Gasteiger partial charge in [0, 0.05) is 19.0 Å². The zero-order valence-corrected chi connectivity index (χ0v) is 16.7. The number of rotatable bonds is 7. The van der Waals surface area contributed by atoms with Crippen molar-refractivity contribution in [1.82, 2.24) is 25.1 Å². The Balaban J connectivity index is 1.32. The Morgan fingerprint density at radius 2 is 2.07 bits per heavy atom. The first-order valence-electron chi connectivity index (χ1n) is 10.0. The number of nitrogens with one attached hydrogen (secondary N) is 2. The van der Waals surface area contributed by atoms with Gasteiger partial charge in [-0.15, -0.1) is 0 Å². The Morgan fingerprint density at radius 3 is 2.87 bits per heavy atom. The Morgan fingerprint density at radius 1 is 1.23 bits per heavy atom. The van der Waals surface area contributed by atoms with E-state index >= 15 is 0 Å². The molecule has 2 atom stereocenters. The summed E-state index contributed by atoms with van der Waals surface area (Å²) in [6, 6.07) is 9.55. The maximum Gasteiger partial charge on any atom is 0.410 e. The van der Waals surface area contributed by atoms with E-state index in [2.05, 4.69) is 25.5 Å². The number of fused-ring (bicyclic) bond motifs is 1. The fraction of sp³-hybridized carbons (Fsp3) is 0.381. The Kier molecular flexibility index (Phi) is 5.87. The van der Waals surface area contributed by atoms with Crippen LogP contribution in [-0.2, 0) is 16.1 Å². The molecule has 1 fully saturated rings. The molecule has 1 aliphatic heterocycles. The molecule has 0 saturated carbocycles. The van der Waals surface area contributed by atoms with E-state index in [0.29, 0.717) is 30.1 Å². The lowest BCUT2D eigenvalue weighted by molar-refractivity contribution is -0.121. The van der Waals surface area contributed by atoms with Crippen molar-refractivity contribution in [1.29, 1.82) is 0 Å². The molecular weight excluding hydrogens is 384 g/mol. The molecule has 0 aliphatic carbocycles. The van der Waals surface area contributed by atoms with Crippen LogP contribution in [0.25, 0.3) is 11.2 Å². The van der Waals surface area contributed by atoms with Crippen LogP contribution in [0, 0.1) is 11.8 Å². The number of nitrogens with zero attached hydrogens (tertiary/aromatic N) is 4. The van der Waals surface area contributed by atoms with E-state index in [1.165, 1.54) is 0 Å². The minimum absolute atomic E-state index is 0.0503. The summed E-state index contributed by atoms with van der Waals surface area (Å²) in [7, 11) is 0. The standard InChI is InChI=1S/C21H24N6O3/c1-2-15-11-27(21(29)30-13-14-6-4-3-5-7-14)12-16(15)18(28)9-22-19-10-23-20-17(25-19)8-24-26-20/h3-8,10,15-16H,2,9,11-13H2,1H3,(H,22,25)(H,23,24,26)/t15-,16+/m0/s1. The number of hydrogen-bond acceptors (Lipinski definition) is 7. The average Bonchev–Trinajstić information content (AvgIpc) is 3.43. The van der Waals surface area contributed by atoms with Crippen LogP contribution in [0.5, 0.6) is 0 Å². The topological polar surface area (TPSA) is 113 Å². The van der Waals surface area contributed by atoms with E-state index in [1.807, 2.05) is 37.3 Å². The lowest BCUT2D eigenvalue weighted by Crippen LogP contribution is -2.32. The number of aromatic nitrogens is 4. The van der Waals surface area contributed by atoms with Crippen molar-refractivity contribution in [2.45, 2.75) is 20.0 Å². The molecule has 9 nitrogen and oxygen atoms in total. The zero-order chi connectivity index (χ0) is 20.9. The van der Waals surface area contributed by atoms with Gasteiger partial charge in [0.05, 0.1) is 18.9 Å². The molecule has 0 unspecified atom stereocenters. The third-order valence-corrected chi connectivity index (χ3v) is 5.44. The van der Waals surface area contributed by atoms with Crippen LogP contribution in [0.3, 0.4) is 0 Å². The van der Waals surface area contributed by atoms with Crippen LogP contribution < -0.4 is 5.32 Å². The van der Waals surface area contributed by atoms with Gasteiger partial charge in [0.1, 0.15) is 17.9 Å². The molecule has 4 rings (SSSR count). The van der Waals surface area contributed by atoms with Crippen molar-refractivity contribution < 1.29 is 14.3 Å². The summed E-state index contributed by atoms with van der Waals surface area (Å²) in [6.45, 7) is 3.30. The number of aromatic amines is 1. The predicted molar refractivity (Wildman–Crippen MR) is 111 cm³/mol. The number of hydrogen-bond donors (Lipinski definition) is 2. The Hall–Kier alpha value is -3.49. The van der Waals surface area contributed by atoms with Crippen molar-refractivity contribution in [2.24, 2.45) is 11.8 Å². The molecule has 1 aliphatic rings. The highest BCUT2D eigenvalue weighted by Gasteiger charge is 2.38. The Labute approximate surface area is 173 Å². The van der Waals surface area contributed by atoms with Crippen LogP contribution in [0.15, 0.2) is 42.7 Å². The van der Waals surface area contributed by atoms with Gasteiger partial charge < -0.3 is 15.0 Å². The smallest absolute Gasteiger partial charge is 0.410 e. The summed E-state index contributed by atoms with van der Waals surface area (Å²) in [5.74, 6) is 0.458. The number of amides is 1. The highest BCUT2D eigenvalue weighted by Crippen LogP contribution is 2.28. The molecule has 2 aromatic heterocycles. The quantitative estimate of drug-likeness (QED) is 0.618. The lowest BCUT2D eigenvalue weighted by Gasteiger charge is -2.16. The normalized spacial score (nSPS) is 18.5. The molecule has 1 saturated heterocycles. The number of benzene rings is 1. The summed E-state index contributed by atoms with van der Waals surface area (Å²) >= 11 is 0. The maximum atomic E-state index is 12.8. The Bertz CT molecular complexity index is 1020. The van der Waals surface area contributed by atoms with Crippen molar-refractivity contribution in [3.05, 3.63) is 48.3 Å². The summed E-state index contributed by atoms with van der Waals surface area (Å²) in [5, 5.41) is 9.66. The molecule has 2 N–H and O–H groups in total. The predicted octanol–water partition coefficient (Wildman–Crippen LogP) is 2.63. The van der Waals surface area contributed by atoms with Gasteiger partial charge in [0.2, 0.25) is 0 Å². The second kappa shape index (κ2) is 8.89. The molecule has 1 amide bonds. The number of ketones is 1. The van der Waals surface area contributed by atoms with Crippen LogP contribution in [-0.4, -0.2) is 56.6 Å². The molecule has 3 aromatic rings. The molecule has 1 aromatic carbocycles. The first kappa shape index (κ1) is 19.8. The molecule has 30 heavy (non-hydrogen) atoms.